The standard InChI is InChI=1S/C22H19Cl2N5O.2ClH/c23-17-8-18(24)10-19(9-17)29-6-5-28(13-22(29)30)21(20-12-26-14-27-20)7-15-1-3-16(11-25)4-2-15;;/h1-4,8-10,12,14,21H,5-7,13H2,(H,26,27);2*1H. The van der Waals surface area contributed by atoms with Crippen LogP contribution in [0.4, 0.5) is 5.69 Å². The maximum absolute atomic E-state index is 13.0. The summed E-state index contributed by atoms with van der Waals surface area (Å²) in [4.78, 5) is 24.2. The summed E-state index contributed by atoms with van der Waals surface area (Å²) in [5.41, 5.74) is 3.37. The molecular formula is C22H21Cl4N5O. The van der Waals surface area contributed by atoms with E-state index in [-0.39, 0.29) is 43.3 Å². The minimum Gasteiger partial charge on any atom is -0.347 e. The van der Waals surface area contributed by atoms with Crippen molar-refractivity contribution in [2.75, 3.05) is 24.5 Å². The number of nitrogens with zero attached hydrogens (tertiary/aromatic N) is 4. The number of benzene rings is 2. The lowest BCUT2D eigenvalue weighted by molar-refractivity contribution is -0.122. The van der Waals surface area contributed by atoms with Crippen LogP contribution in [-0.2, 0) is 11.2 Å². The van der Waals surface area contributed by atoms with E-state index in [0.29, 0.717) is 40.8 Å². The molecule has 168 valence electrons. The lowest BCUT2D eigenvalue weighted by atomic mass is 10.00. The zero-order valence-corrected chi connectivity index (χ0v) is 20.0. The number of anilines is 1. The van der Waals surface area contributed by atoms with Crippen LogP contribution in [0.5, 0.6) is 0 Å². The fourth-order valence-electron chi connectivity index (χ4n) is 3.75. The Kier molecular flexibility index (Phi) is 9.38. The van der Waals surface area contributed by atoms with Gasteiger partial charge in [0.1, 0.15) is 0 Å². The van der Waals surface area contributed by atoms with Crippen LogP contribution >= 0.6 is 48.0 Å². The van der Waals surface area contributed by atoms with Crippen LogP contribution in [0, 0.1) is 11.3 Å². The highest BCUT2D eigenvalue weighted by Gasteiger charge is 2.31. The molecule has 32 heavy (non-hydrogen) atoms. The second kappa shape index (κ2) is 11.6. The number of carbonyl (C=O) groups excluding carboxylic acids is 1. The highest BCUT2D eigenvalue weighted by Crippen LogP contribution is 2.30. The van der Waals surface area contributed by atoms with Crippen molar-refractivity contribution in [1.82, 2.24) is 14.9 Å². The van der Waals surface area contributed by atoms with Gasteiger partial charge in [-0.2, -0.15) is 5.26 Å². The van der Waals surface area contributed by atoms with E-state index in [9.17, 15) is 4.79 Å². The average Bonchev–Trinajstić information content (AvgIpc) is 3.26. The number of amides is 1. The first-order chi connectivity index (χ1) is 14.5. The number of rotatable bonds is 5. The third-order valence-electron chi connectivity index (χ3n) is 5.24. The minimum absolute atomic E-state index is 0. The van der Waals surface area contributed by atoms with Gasteiger partial charge in [0.15, 0.2) is 0 Å². The van der Waals surface area contributed by atoms with Crippen molar-refractivity contribution in [3.63, 3.8) is 0 Å². The third-order valence-corrected chi connectivity index (χ3v) is 5.68. The molecule has 4 rings (SSSR count). The Morgan fingerprint density at radius 1 is 1.09 bits per heavy atom. The zero-order chi connectivity index (χ0) is 21.1. The van der Waals surface area contributed by atoms with Crippen molar-refractivity contribution >= 4 is 59.6 Å². The molecule has 1 saturated heterocycles. The van der Waals surface area contributed by atoms with Crippen molar-refractivity contribution in [1.29, 1.82) is 5.26 Å². The molecule has 3 aromatic rings. The van der Waals surface area contributed by atoms with E-state index in [1.165, 1.54) is 0 Å². The number of aromatic amines is 1. The van der Waals surface area contributed by atoms with Gasteiger partial charge in [0.2, 0.25) is 5.91 Å². The van der Waals surface area contributed by atoms with Gasteiger partial charge in [-0.05, 0) is 42.3 Å². The van der Waals surface area contributed by atoms with E-state index in [0.717, 1.165) is 11.3 Å². The topological polar surface area (TPSA) is 76.0 Å². The summed E-state index contributed by atoms with van der Waals surface area (Å²) in [6.07, 6.45) is 4.14. The Morgan fingerprint density at radius 3 is 2.34 bits per heavy atom. The van der Waals surface area contributed by atoms with Crippen molar-refractivity contribution < 1.29 is 4.79 Å². The highest BCUT2D eigenvalue weighted by atomic mass is 35.5. The van der Waals surface area contributed by atoms with Crippen LogP contribution < -0.4 is 4.90 Å². The van der Waals surface area contributed by atoms with Gasteiger partial charge in [-0.1, -0.05) is 35.3 Å². The molecule has 2 heterocycles. The van der Waals surface area contributed by atoms with Crippen LogP contribution in [0.2, 0.25) is 10.0 Å². The second-order valence-corrected chi connectivity index (χ2v) is 8.05. The van der Waals surface area contributed by atoms with Gasteiger partial charge >= 0.3 is 0 Å². The van der Waals surface area contributed by atoms with Crippen LogP contribution in [0.1, 0.15) is 22.9 Å². The number of piperazine rings is 1. The largest absolute Gasteiger partial charge is 0.347 e. The normalized spacial score (nSPS) is 14.8. The monoisotopic (exact) mass is 511 g/mol. The molecule has 1 aliphatic heterocycles. The summed E-state index contributed by atoms with van der Waals surface area (Å²) in [6, 6.07) is 14.8. The van der Waals surface area contributed by atoms with Gasteiger partial charge in [-0.15, -0.1) is 24.8 Å². The first-order valence-corrected chi connectivity index (χ1v) is 10.3. The van der Waals surface area contributed by atoms with Gasteiger partial charge in [-0.3, -0.25) is 9.69 Å². The molecule has 0 bridgehead atoms. The average molecular weight is 513 g/mol. The second-order valence-electron chi connectivity index (χ2n) is 7.18. The molecule has 1 N–H and O–H groups in total. The van der Waals surface area contributed by atoms with Crippen LogP contribution in [-0.4, -0.2) is 40.4 Å². The number of H-pyrrole nitrogens is 1. The minimum atomic E-state index is -0.0329. The zero-order valence-electron chi connectivity index (χ0n) is 16.9. The number of imidazole rings is 1. The molecule has 1 aliphatic rings. The van der Waals surface area contributed by atoms with E-state index in [1.807, 2.05) is 24.3 Å². The SMILES string of the molecule is Cl.Cl.N#Cc1ccc(CC(c2cnc[nH]2)N2CCN(c3cc(Cl)cc(Cl)c3)C(=O)C2)cc1. The predicted octanol–water partition coefficient (Wildman–Crippen LogP) is 5.06. The highest BCUT2D eigenvalue weighted by molar-refractivity contribution is 6.35. The first-order valence-electron chi connectivity index (χ1n) is 9.51. The summed E-state index contributed by atoms with van der Waals surface area (Å²) in [5, 5.41) is 10.0. The summed E-state index contributed by atoms with van der Waals surface area (Å²) in [7, 11) is 0. The molecule has 1 aromatic heterocycles. The van der Waals surface area contributed by atoms with Gasteiger partial charge in [0, 0.05) is 35.0 Å². The fraction of sp³-hybridized carbons (Fsp3) is 0.227. The molecular weight excluding hydrogens is 492 g/mol. The Balaban J connectivity index is 0.00000181. The van der Waals surface area contributed by atoms with Gasteiger partial charge < -0.3 is 9.88 Å². The number of halogens is 4. The molecule has 1 amide bonds. The number of carbonyl (C=O) groups is 1. The number of nitriles is 1. The van der Waals surface area contributed by atoms with Crippen molar-refractivity contribution in [2.45, 2.75) is 12.5 Å². The van der Waals surface area contributed by atoms with E-state index in [1.54, 1.807) is 35.6 Å². The first kappa shape index (κ1) is 26.0. The van der Waals surface area contributed by atoms with Gasteiger partial charge in [0.05, 0.1) is 36.2 Å². The lowest BCUT2D eigenvalue weighted by Gasteiger charge is -2.38. The molecule has 0 spiro atoms. The number of aromatic nitrogens is 2. The molecule has 1 unspecified atom stereocenters. The van der Waals surface area contributed by atoms with E-state index in [2.05, 4.69) is 20.9 Å². The maximum Gasteiger partial charge on any atom is 0.241 e. The molecule has 1 atom stereocenters. The van der Waals surface area contributed by atoms with Crippen LogP contribution in [0.3, 0.4) is 0 Å². The quantitative estimate of drug-likeness (QED) is 0.518. The Hall–Kier alpha value is -2.27. The summed E-state index contributed by atoms with van der Waals surface area (Å²) in [5.74, 6) is -0.0103. The molecule has 0 aliphatic carbocycles. The molecule has 0 saturated carbocycles. The number of nitrogens with one attached hydrogen (secondary N) is 1. The van der Waals surface area contributed by atoms with Crippen LogP contribution in [0.25, 0.3) is 0 Å². The smallest absolute Gasteiger partial charge is 0.241 e. The van der Waals surface area contributed by atoms with Crippen LogP contribution in [0.15, 0.2) is 55.0 Å². The predicted molar refractivity (Wildman–Crippen MR) is 131 cm³/mol. The van der Waals surface area contributed by atoms with Crippen molar-refractivity contribution in [3.05, 3.63) is 81.9 Å². The Bertz CT molecular complexity index is 1060. The Morgan fingerprint density at radius 2 is 1.78 bits per heavy atom. The Labute approximate surface area is 209 Å². The van der Waals surface area contributed by atoms with E-state index >= 15 is 0 Å². The maximum atomic E-state index is 13.0. The van der Waals surface area contributed by atoms with E-state index in [4.69, 9.17) is 28.5 Å². The van der Waals surface area contributed by atoms with Crippen molar-refractivity contribution in [2.24, 2.45) is 0 Å². The molecule has 10 heteroatoms. The summed E-state index contributed by atoms with van der Waals surface area (Å²) in [6.45, 7) is 1.49. The van der Waals surface area contributed by atoms with E-state index < -0.39 is 0 Å². The molecule has 6 nitrogen and oxygen atoms in total. The third kappa shape index (κ3) is 5.94. The molecule has 0 radical (unpaired) electrons. The fourth-order valence-corrected chi connectivity index (χ4v) is 4.26. The van der Waals surface area contributed by atoms with Crippen molar-refractivity contribution in [3.8, 4) is 6.07 Å². The molecule has 2 aromatic carbocycles. The van der Waals surface area contributed by atoms with Gasteiger partial charge in [-0.25, -0.2) is 4.98 Å². The molecule has 1 fully saturated rings. The number of hydrogen-bond acceptors (Lipinski definition) is 4. The number of hydrogen-bond donors (Lipinski definition) is 1. The lowest BCUT2D eigenvalue weighted by Crippen LogP contribution is -2.51. The van der Waals surface area contributed by atoms with Gasteiger partial charge in [0.25, 0.3) is 0 Å². The summed E-state index contributed by atoms with van der Waals surface area (Å²) >= 11 is 12.2. The summed E-state index contributed by atoms with van der Waals surface area (Å²) < 4.78 is 0.